The van der Waals surface area contributed by atoms with Crippen LogP contribution in [0.1, 0.15) is 25.8 Å². The van der Waals surface area contributed by atoms with Gasteiger partial charge in [0, 0.05) is 49.9 Å². The number of nitrogens with zero attached hydrogens (tertiary/aromatic N) is 2. The molecule has 1 amide bonds. The number of thiocarbonyl (C=S) groups is 1. The average Bonchev–Trinajstić information content (AvgIpc) is 2.70. The summed E-state index contributed by atoms with van der Waals surface area (Å²) in [4.78, 5) is 16.6. The zero-order valence-corrected chi connectivity index (χ0v) is 20.2. The lowest BCUT2D eigenvalue weighted by Gasteiger charge is -2.36. The van der Waals surface area contributed by atoms with Crippen LogP contribution in [0.5, 0.6) is 0 Å². The summed E-state index contributed by atoms with van der Waals surface area (Å²) in [7, 11) is 0. The molecule has 2 aromatic rings. The van der Waals surface area contributed by atoms with Crippen molar-refractivity contribution in [1.82, 2.24) is 10.2 Å². The summed E-state index contributed by atoms with van der Waals surface area (Å²) in [5.41, 5.74) is 2.91. The van der Waals surface area contributed by atoms with Crippen LogP contribution in [-0.4, -0.2) is 42.1 Å². The van der Waals surface area contributed by atoms with E-state index in [-0.39, 0.29) is 16.9 Å². The fraction of sp³-hybridized carbons (Fsp3) is 0.391. The van der Waals surface area contributed by atoms with Crippen molar-refractivity contribution in [3.05, 3.63) is 58.1 Å². The molecule has 166 valence electrons. The van der Waals surface area contributed by atoms with Crippen LogP contribution >= 0.6 is 35.4 Å². The Morgan fingerprint density at radius 2 is 1.77 bits per heavy atom. The van der Waals surface area contributed by atoms with Crippen molar-refractivity contribution < 1.29 is 4.79 Å². The molecule has 0 unspecified atom stereocenters. The zero-order chi connectivity index (χ0) is 22.4. The summed E-state index contributed by atoms with van der Waals surface area (Å²) in [5.74, 6) is 0.187. The highest BCUT2D eigenvalue weighted by Gasteiger charge is 2.20. The molecule has 0 atom stereocenters. The van der Waals surface area contributed by atoms with Gasteiger partial charge in [-0.05, 0) is 48.0 Å². The quantitative estimate of drug-likeness (QED) is 0.560. The van der Waals surface area contributed by atoms with E-state index in [0.29, 0.717) is 11.4 Å². The molecule has 0 spiro atoms. The summed E-state index contributed by atoms with van der Waals surface area (Å²) in [5, 5.41) is 7.48. The average molecular weight is 479 g/mol. The fourth-order valence-corrected chi connectivity index (χ4v) is 4.29. The van der Waals surface area contributed by atoms with Crippen LogP contribution in [0.4, 0.5) is 11.4 Å². The molecule has 0 aromatic heterocycles. The number of hydrogen-bond acceptors (Lipinski definition) is 4. The molecule has 0 radical (unpaired) electrons. The van der Waals surface area contributed by atoms with E-state index in [4.69, 9.17) is 35.4 Å². The number of piperazine rings is 1. The lowest BCUT2D eigenvalue weighted by Crippen LogP contribution is -2.46. The molecule has 3 rings (SSSR count). The smallest absolute Gasteiger partial charge is 0.226 e. The summed E-state index contributed by atoms with van der Waals surface area (Å²) >= 11 is 18.1. The molecular formula is C23H28Cl2N4OS. The van der Waals surface area contributed by atoms with Gasteiger partial charge in [-0.25, -0.2) is 0 Å². The standard InChI is InChI=1S/C23H28Cl2N4OS/c1-16(2)13-22(30)27-23(31)26-18-7-8-21(20(25)14-18)29-11-9-28(10-12-29)15-17-5-3-4-6-19(17)24/h3-8,14,16H,9-13,15H2,1-2H3,(H2,26,27,30,31). The van der Waals surface area contributed by atoms with E-state index in [1.54, 1.807) is 0 Å². The van der Waals surface area contributed by atoms with E-state index in [1.165, 1.54) is 0 Å². The SMILES string of the molecule is CC(C)CC(=O)NC(=S)Nc1ccc(N2CCN(Cc3ccccc3Cl)CC2)c(Cl)c1. The van der Waals surface area contributed by atoms with Crippen LogP contribution in [0.3, 0.4) is 0 Å². The maximum Gasteiger partial charge on any atom is 0.226 e. The Morgan fingerprint density at radius 3 is 2.42 bits per heavy atom. The van der Waals surface area contributed by atoms with Crippen molar-refractivity contribution in [2.75, 3.05) is 36.4 Å². The first-order valence-corrected chi connectivity index (χ1v) is 11.6. The number of hydrogen-bond donors (Lipinski definition) is 2. The Bertz CT molecular complexity index is 930. The van der Waals surface area contributed by atoms with Gasteiger partial charge in [0.15, 0.2) is 5.11 Å². The van der Waals surface area contributed by atoms with Crippen molar-refractivity contribution in [2.24, 2.45) is 5.92 Å². The number of anilines is 2. The van der Waals surface area contributed by atoms with E-state index in [2.05, 4.69) is 26.5 Å². The van der Waals surface area contributed by atoms with Crippen molar-refractivity contribution in [2.45, 2.75) is 26.8 Å². The Labute approximate surface area is 199 Å². The maximum atomic E-state index is 11.9. The molecular weight excluding hydrogens is 451 g/mol. The lowest BCUT2D eigenvalue weighted by atomic mass is 10.1. The molecule has 1 aliphatic heterocycles. The molecule has 0 bridgehead atoms. The molecule has 0 aliphatic carbocycles. The highest BCUT2D eigenvalue weighted by atomic mass is 35.5. The summed E-state index contributed by atoms with van der Waals surface area (Å²) in [6.45, 7) is 8.49. The Kier molecular flexibility index (Phi) is 8.55. The van der Waals surface area contributed by atoms with E-state index in [1.807, 2.05) is 50.2 Å². The van der Waals surface area contributed by atoms with E-state index in [9.17, 15) is 4.79 Å². The van der Waals surface area contributed by atoms with E-state index >= 15 is 0 Å². The number of amides is 1. The highest BCUT2D eigenvalue weighted by molar-refractivity contribution is 7.80. The minimum atomic E-state index is -0.0927. The summed E-state index contributed by atoms with van der Waals surface area (Å²) in [6, 6.07) is 13.8. The second-order valence-electron chi connectivity index (χ2n) is 8.12. The number of nitrogens with one attached hydrogen (secondary N) is 2. The van der Waals surface area contributed by atoms with Crippen LogP contribution in [0.25, 0.3) is 0 Å². The monoisotopic (exact) mass is 478 g/mol. The number of carbonyl (C=O) groups excluding carboxylic acids is 1. The number of carbonyl (C=O) groups is 1. The Morgan fingerprint density at radius 1 is 1.06 bits per heavy atom. The number of halogens is 2. The Hall–Kier alpha value is -1.86. The molecule has 31 heavy (non-hydrogen) atoms. The summed E-state index contributed by atoms with van der Waals surface area (Å²) in [6.07, 6.45) is 0.434. The molecule has 5 nitrogen and oxygen atoms in total. The van der Waals surface area contributed by atoms with Crippen LogP contribution in [0, 0.1) is 5.92 Å². The predicted molar refractivity (Wildman–Crippen MR) is 134 cm³/mol. The molecule has 2 N–H and O–H groups in total. The van der Waals surface area contributed by atoms with Gasteiger partial charge in [-0.15, -0.1) is 0 Å². The molecule has 0 saturated carbocycles. The third-order valence-corrected chi connectivity index (χ3v) is 5.99. The second-order valence-corrected chi connectivity index (χ2v) is 9.34. The van der Waals surface area contributed by atoms with E-state index < -0.39 is 0 Å². The molecule has 1 saturated heterocycles. The summed E-state index contributed by atoms with van der Waals surface area (Å²) < 4.78 is 0. The van der Waals surface area contributed by atoms with Crippen LogP contribution in [0.2, 0.25) is 10.0 Å². The largest absolute Gasteiger partial charge is 0.368 e. The number of benzene rings is 2. The first-order valence-electron chi connectivity index (χ1n) is 10.4. The third kappa shape index (κ3) is 7.07. The maximum absolute atomic E-state index is 11.9. The second kappa shape index (κ2) is 11.1. The molecule has 8 heteroatoms. The normalized spacial score (nSPS) is 14.5. The first-order chi connectivity index (χ1) is 14.8. The molecule has 1 aliphatic rings. The molecule has 1 fully saturated rings. The zero-order valence-electron chi connectivity index (χ0n) is 17.8. The van der Waals surface area contributed by atoms with Crippen LogP contribution < -0.4 is 15.5 Å². The van der Waals surface area contributed by atoms with Crippen molar-refractivity contribution in [3.8, 4) is 0 Å². The van der Waals surface area contributed by atoms with Crippen LogP contribution in [0.15, 0.2) is 42.5 Å². The highest BCUT2D eigenvalue weighted by Crippen LogP contribution is 2.30. The van der Waals surface area contributed by atoms with Gasteiger partial charge in [0.05, 0.1) is 10.7 Å². The van der Waals surface area contributed by atoms with Gasteiger partial charge >= 0.3 is 0 Å². The van der Waals surface area contributed by atoms with Crippen molar-refractivity contribution >= 4 is 57.8 Å². The fourth-order valence-electron chi connectivity index (χ4n) is 3.57. The van der Waals surface area contributed by atoms with Gasteiger partial charge in [-0.2, -0.15) is 0 Å². The number of rotatable bonds is 6. The third-order valence-electron chi connectivity index (χ3n) is 5.12. The molecule has 2 aromatic carbocycles. The van der Waals surface area contributed by atoms with Crippen molar-refractivity contribution in [3.63, 3.8) is 0 Å². The topological polar surface area (TPSA) is 47.6 Å². The van der Waals surface area contributed by atoms with Crippen LogP contribution in [-0.2, 0) is 11.3 Å². The predicted octanol–water partition coefficient (Wildman–Crippen LogP) is 5.17. The van der Waals surface area contributed by atoms with Gasteiger partial charge in [0.25, 0.3) is 0 Å². The van der Waals surface area contributed by atoms with Crippen molar-refractivity contribution in [1.29, 1.82) is 0 Å². The minimum Gasteiger partial charge on any atom is -0.368 e. The van der Waals surface area contributed by atoms with Gasteiger partial charge in [0.2, 0.25) is 5.91 Å². The van der Waals surface area contributed by atoms with Gasteiger partial charge < -0.3 is 15.5 Å². The van der Waals surface area contributed by atoms with Gasteiger partial charge in [-0.1, -0.05) is 55.2 Å². The first kappa shape index (κ1) is 23.8. The van der Waals surface area contributed by atoms with Gasteiger partial charge in [-0.3, -0.25) is 9.69 Å². The lowest BCUT2D eigenvalue weighted by molar-refractivity contribution is -0.120. The Balaban J connectivity index is 1.53. The molecule has 1 heterocycles. The van der Waals surface area contributed by atoms with E-state index in [0.717, 1.165) is 54.7 Å². The minimum absolute atomic E-state index is 0.0927. The van der Waals surface area contributed by atoms with Gasteiger partial charge in [0.1, 0.15) is 0 Å².